The minimum Gasteiger partial charge on any atom is -0.340 e. The van der Waals surface area contributed by atoms with Gasteiger partial charge in [-0.1, -0.05) is 0 Å². The Morgan fingerprint density at radius 1 is 1.27 bits per heavy atom. The summed E-state index contributed by atoms with van der Waals surface area (Å²) in [6.45, 7) is 7.34. The van der Waals surface area contributed by atoms with Crippen molar-refractivity contribution in [2.75, 3.05) is 31.1 Å². The van der Waals surface area contributed by atoms with Gasteiger partial charge in [-0.25, -0.2) is 4.98 Å². The third-order valence-electron chi connectivity index (χ3n) is 2.80. The predicted octanol–water partition coefficient (Wildman–Crippen LogP) is -0.204. The molecule has 1 saturated heterocycles. The van der Waals surface area contributed by atoms with E-state index >= 15 is 0 Å². The molecule has 0 saturated carbocycles. The highest BCUT2D eigenvalue weighted by molar-refractivity contribution is 5.33. The summed E-state index contributed by atoms with van der Waals surface area (Å²) >= 11 is 0. The third kappa shape index (κ3) is 2.02. The normalized spacial score (nSPS) is 16.8. The highest BCUT2D eigenvalue weighted by atomic mass is 16.1. The van der Waals surface area contributed by atoms with Crippen LogP contribution in [0.25, 0.3) is 0 Å². The molecule has 0 radical (unpaired) electrons. The maximum absolute atomic E-state index is 11.6. The van der Waals surface area contributed by atoms with Gasteiger partial charge in [0, 0.05) is 37.4 Å². The van der Waals surface area contributed by atoms with E-state index in [1.807, 2.05) is 6.92 Å². The first kappa shape index (κ1) is 10.2. The van der Waals surface area contributed by atoms with Gasteiger partial charge < -0.3 is 10.2 Å². The number of hydrogen-bond acceptors (Lipinski definition) is 4. The fourth-order valence-corrected chi connectivity index (χ4v) is 1.66. The molecule has 1 fully saturated rings. The molecule has 1 aromatic rings. The molecule has 1 aliphatic rings. The van der Waals surface area contributed by atoms with Gasteiger partial charge in [-0.05, 0) is 13.8 Å². The topological polar surface area (TPSA) is 61.0 Å². The van der Waals surface area contributed by atoms with Crippen LogP contribution in [0.15, 0.2) is 4.79 Å². The van der Waals surface area contributed by atoms with E-state index in [-0.39, 0.29) is 5.56 Å². The number of nitrogens with zero attached hydrogens (tertiary/aromatic N) is 2. The Bertz CT molecular complexity index is 406. The molecule has 0 unspecified atom stereocenters. The Hall–Kier alpha value is -1.36. The fourth-order valence-electron chi connectivity index (χ4n) is 1.66. The van der Waals surface area contributed by atoms with Crippen LogP contribution in [0.1, 0.15) is 11.3 Å². The molecular formula is C10H16N4O. The van der Waals surface area contributed by atoms with Crippen LogP contribution in [-0.2, 0) is 0 Å². The van der Waals surface area contributed by atoms with E-state index < -0.39 is 0 Å². The molecule has 2 heterocycles. The average molecular weight is 208 g/mol. The number of anilines is 1. The summed E-state index contributed by atoms with van der Waals surface area (Å²) in [6.07, 6.45) is 0. The lowest BCUT2D eigenvalue weighted by Crippen LogP contribution is -2.45. The summed E-state index contributed by atoms with van der Waals surface area (Å²) in [5, 5.41) is 3.26. The minimum absolute atomic E-state index is 0.0315. The molecule has 0 aliphatic carbocycles. The third-order valence-corrected chi connectivity index (χ3v) is 2.80. The molecule has 1 aliphatic heterocycles. The van der Waals surface area contributed by atoms with Gasteiger partial charge in [-0.2, -0.15) is 0 Å². The van der Waals surface area contributed by atoms with Crippen LogP contribution in [0, 0.1) is 13.8 Å². The quantitative estimate of drug-likeness (QED) is 0.671. The van der Waals surface area contributed by atoms with Crippen LogP contribution >= 0.6 is 0 Å². The number of nitrogens with one attached hydrogen (secondary N) is 2. The van der Waals surface area contributed by atoms with Gasteiger partial charge in [0.05, 0.1) is 0 Å². The molecule has 2 N–H and O–H groups in total. The van der Waals surface area contributed by atoms with Gasteiger partial charge in [0.2, 0.25) is 5.95 Å². The van der Waals surface area contributed by atoms with E-state index in [4.69, 9.17) is 0 Å². The number of H-pyrrole nitrogens is 1. The van der Waals surface area contributed by atoms with Crippen LogP contribution in [0.5, 0.6) is 0 Å². The Morgan fingerprint density at radius 3 is 2.53 bits per heavy atom. The zero-order chi connectivity index (χ0) is 10.8. The largest absolute Gasteiger partial charge is 0.340 e. The van der Waals surface area contributed by atoms with E-state index in [0.29, 0.717) is 11.5 Å². The molecule has 0 bridgehead atoms. The van der Waals surface area contributed by atoms with Gasteiger partial charge >= 0.3 is 0 Å². The Kier molecular flexibility index (Phi) is 2.73. The molecule has 15 heavy (non-hydrogen) atoms. The van der Waals surface area contributed by atoms with Crippen LogP contribution < -0.4 is 15.8 Å². The standard InChI is InChI=1S/C10H16N4O/c1-7-8(2)12-10(13-9(7)15)14-5-3-11-4-6-14/h11H,3-6H2,1-2H3,(H,12,13,15). The number of rotatable bonds is 1. The van der Waals surface area contributed by atoms with Crippen molar-refractivity contribution >= 4 is 5.95 Å². The van der Waals surface area contributed by atoms with Crippen LogP contribution in [-0.4, -0.2) is 36.1 Å². The number of aryl methyl sites for hydroxylation is 1. The molecule has 0 spiro atoms. The van der Waals surface area contributed by atoms with E-state index in [1.165, 1.54) is 0 Å². The molecule has 2 rings (SSSR count). The summed E-state index contributed by atoms with van der Waals surface area (Å²) in [5.74, 6) is 0.699. The van der Waals surface area contributed by atoms with Crippen molar-refractivity contribution in [1.29, 1.82) is 0 Å². The van der Waals surface area contributed by atoms with E-state index in [1.54, 1.807) is 6.92 Å². The first-order valence-corrected chi connectivity index (χ1v) is 5.21. The number of hydrogen-bond donors (Lipinski definition) is 2. The average Bonchev–Trinajstić information content (AvgIpc) is 2.26. The predicted molar refractivity (Wildman–Crippen MR) is 59.4 cm³/mol. The zero-order valence-corrected chi connectivity index (χ0v) is 9.13. The second kappa shape index (κ2) is 4.02. The summed E-state index contributed by atoms with van der Waals surface area (Å²) in [6, 6.07) is 0. The smallest absolute Gasteiger partial charge is 0.255 e. The fraction of sp³-hybridized carbons (Fsp3) is 0.600. The van der Waals surface area contributed by atoms with Gasteiger partial charge in [-0.3, -0.25) is 9.78 Å². The number of piperazine rings is 1. The molecule has 0 amide bonds. The van der Waals surface area contributed by atoms with Crippen molar-refractivity contribution in [3.63, 3.8) is 0 Å². The van der Waals surface area contributed by atoms with Gasteiger partial charge in [0.25, 0.3) is 5.56 Å². The lowest BCUT2D eigenvalue weighted by Gasteiger charge is -2.27. The van der Waals surface area contributed by atoms with Gasteiger partial charge in [0.1, 0.15) is 0 Å². The summed E-state index contributed by atoms with van der Waals surface area (Å²) in [4.78, 5) is 20.9. The van der Waals surface area contributed by atoms with Gasteiger partial charge in [-0.15, -0.1) is 0 Å². The summed E-state index contributed by atoms with van der Waals surface area (Å²) < 4.78 is 0. The van der Waals surface area contributed by atoms with Crippen LogP contribution in [0.4, 0.5) is 5.95 Å². The second-order valence-electron chi connectivity index (χ2n) is 3.84. The van der Waals surface area contributed by atoms with Crippen molar-refractivity contribution in [1.82, 2.24) is 15.3 Å². The van der Waals surface area contributed by atoms with Crippen molar-refractivity contribution in [3.05, 3.63) is 21.6 Å². The Morgan fingerprint density at radius 2 is 1.93 bits per heavy atom. The van der Waals surface area contributed by atoms with Crippen molar-refractivity contribution in [2.45, 2.75) is 13.8 Å². The first-order valence-electron chi connectivity index (χ1n) is 5.21. The molecule has 1 aromatic heterocycles. The molecular weight excluding hydrogens is 192 g/mol. The molecule has 0 atom stereocenters. The van der Waals surface area contributed by atoms with E-state index in [2.05, 4.69) is 20.2 Å². The van der Waals surface area contributed by atoms with E-state index in [9.17, 15) is 4.79 Å². The molecule has 0 aromatic carbocycles. The van der Waals surface area contributed by atoms with Crippen molar-refractivity contribution in [3.8, 4) is 0 Å². The Labute approximate surface area is 88.5 Å². The lowest BCUT2D eigenvalue weighted by atomic mass is 10.3. The lowest BCUT2D eigenvalue weighted by molar-refractivity contribution is 0.578. The molecule has 5 heteroatoms. The van der Waals surface area contributed by atoms with Crippen LogP contribution in [0.3, 0.4) is 0 Å². The zero-order valence-electron chi connectivity index (χ0n) is 9.13. The highest BCUT2D eigenvalue weighted by Crippen LogP contribution is 2.07. The molecule has 5 nitrogen and oxygen atoms in total. The summed E-state index contributed by atoms with van der Waals surface area (Å²) in [5.41, 5.74) is 1.48. The number of aromatic amines is 1. The Balaban J connectivity index is 2.32. The highest BCUT2D eigenvalue weighted by Gasteiger charge is 2.13. The molecule has 82 valence electrons. The van der Waals surface area contributed by atoms with Gasteiger partial charge in [0.15, 0.2) is 0 Å². The SMILES string of the molecule is Cc1nc(N2CCNCC2)[nH]c(=O)c1C. The number of aromatic nitrogens is 2. The van der Waals surface area contributed by atoms with Crippen molar-refractivity contribution < 1.29 is 0 Å². The minimum atomic E-state index is -0.0315. The van der Waals surface area contributed by atoms with Crippen LogP contribution in [0.2, 0.25) is 0 Å². The maximum atomic E-state index is 11.6. The van der Waals surface area contributed by atoms with E-state index in [0.717, 1.165) is 31.9 Å². The van der Waals surface area contributed by atoms with Crippen molar-refractivity contribution in [2.24, 2.45) is 0 Å². The summed E-state index contributed by atoms with van der Waals surface area (Å²) in [7, 11) is 0. The second-order valence-corrected chi connectivity index (χ2v) is 3.84. The first-order chi connectivity index (χ1) is 7.18. The monoisotopic (exact) mass is 208 g/mol. The maximum Gasteiger partial charge on any atom is 0.255 e.